The van der Waals surface area contributed by atoms with Gasteiger partial charge in [-0.1, -0.05) is 36.0 Å². The van der Waals surface area contributed by atoms with Crippen molar-refractivity contribution in [3.8, 4) is 5.69 Å². The zero-order valence-corrected chi connectivity index (χ0v) is 15.9. The SMILES string of the molecule is Cc1cccc(-n2c(SC[C@@H]3CCCO3)nc3ccccc3c2=O)c1C. The minimum Gasteiger partial charge on any atom is -0.377 e. The first-order chi connectivity index (χ1) is 12.6. The number of hydrogen-bond acceptors (Lipinski definition) is 4. The van der Waals surface area contributed by atoms with Crippen molar-refractivity contribution in [3.63, 3.8) is 0 Å². The van der Waals surface area contributed by atoms with Crippen LogP contribution < -0.4 is 5.56 Å². The second-order valence-corrected chi connectivity index (χ2v) is 7.70. The van der Waals surface area contributed by atoms with Crippen LogP contribution >= 0.6 is 11.8 Å². The number of rotatable bonds is 4. The highest BCUT2D eigenvalue weighted by Gasteiger charge is 2.19. The molecular formula is C21H22N2O2S. The van der Waals surface area contributed by atoms with Crippen molar-refractivity contribution in [2.24, 2.45) is 0 Å². The number of benzene rings is 2. The monoisotopic (exact) mass is 366 g/mol. The lowest BCUT2D eigenvalue weighted by molar-refractivity contribution is 0.129. The molecule has 4 rings (SSSR count). The summed E-state index contributed by atoms with van der Waals surface area (Å²) in [5.74, 6) is 0.815. The number of fused-ring (bicyclic) bond motifs is 1. The van der Waals surface area contributed by atoms with Gasteiger partial charge in [-0.15, -0.1) is 0 Å². The number of aryl methyl sites for hydroxylation is 1. The predicted molar refractivity (Wildman–Crippen MR) is 107 cm³/mol. The standard InChI is InChI=1S/C21H22N2O2S/c1-14-7-5-11-19(15(14)2)23-20(24)17-9-3-4-10-18(17)22-21(23)26-13-16-8-6-12-25-16/h3-5,7,9-11,16H,6,8,12-13H2,1-2H3/t16-/m0/s1. The van der Waals surface area contributed by atoms with E-state index in [-0.39, 0.29) is 11.7 Å². The zero-order chi connectivity index (χ0) is 18.1. The average molecular weight is 366 g/mol. The Bertz CT molecular complexity index is 1010. The van der Waals surface area contributed by atoms with Gasteiger partial charge in [0.2, 0.25) is 0 Å². The van der Waals surface area contributed by atoms with Crippen molar-refractivity contribution in [1.29, 1.82) is 0 Å². The van der Waals surface area contributed by atoms with Gasteiger partial charge in [0.1, 0.15) is 0 Å². The molecule has 1 fully saturated rings. The van der Waals surface area contributed by atoms with Gasteiger partial charge in [0.25, 0.3) is 5.56 Å². The second kappa shape index (κ2) is 7.25. The van der Waals surface area contributed by atoms with Crippen LogP contribution in [0.5, 0.6) is 0 Å². The molecule has 26 heavy (non-hydrogen) atoms. The van der Waals surface area contributed by atoms with Gasteiger partial charge in [0, 0.05) is 12.4 Å². The molecule has 0 radical (unpaired) electrons. The second-order valence-electron chi connectivity index (χ2n) is 6.72. The molecule has 0 bridgehead atoms. The number of ether oxygens (including phenoxy) is 1. The largest absolute Gasteiger partial charge is 0.377 e. The van der Waals surface area contributed by atoms with Crippen molar-refractivity contribution in [3.05, 3.63) is 63.9 Å². The number of para-hydroxylation sites is 1. The van der Waals surface area contributed by atoms with Crippen molar-refractivity contribution in [1.82, 2.24) is 9.55 Å². The van der Waals surface area contributed by atoms with Gasteiger partial charge in [-0.05, 0) is 56.0 Å². The molecule has 0 aliphatic carbocycles. The fraction of sp³-hybridized carbons (Fsp3) is 0.333. The molecule has 1 aliphatic rings. The van der Waals surface area contributed by atoms with Gasteiger partial charge in [0.05, 0.1) is 22.7 Å². The Labute approximate surface area is 157 Å². The number of aromatic nitrogens is 2. The van der Waals surface area contributed by atoms with E-state index in [1.807, 2.05) is 36.4 Å². The minimum atomic E-state index is -0.0147. The Morgan fingerprint density at radius 2 is 2.04 bits per heavy atom. The van der Waals surface area contributed by atoms with E-state index in [1.165, 1.54) is 0 Å². The molecule has 1 aromatic heterocycles. The maximum Gasteiger partial charge on any atom is 0.266 e. The van der Waals surface area contributed by atoms with E-state index in [2.05, 4.69) is 19.9 Å². The average Bonchev–Trinajstić information content (AvgIpc) is 3.17. The summed E-state index contributed by atoms with van der Waals surface area (Å²) in [6.07, 6.45) is 2.43. The highest BCUT2D eigenvalue weighted by atomic mass is 32.2. The van der Waals surface area contributed by atoms with Crippen molar-refractivity contribution < 1.29 is 4.74 Å². The summed E-state index contributed by atoms with van der Waals surface area (Å²) in [5.41, 5.74) is 3.90. The normalized spacial score (nSPS) is 17.1. The Balaban J connectivity index is 1.87. The molecular weight excluding hydrogens is 344 g/mol. The molecule has 5 heteroatoms. The van der Waals surface area contributed by atoms with E-state index in [4.69, 9.17) is 9.72 Å². The third-order valence-corrected chi connectivity index (χ3v) is 6.05. The van der Waals surface area contributed by atoms with Crippen molar-refractivity contribution in [2.45, 2.75) is 37.9 Å². The summed E-state index contributed by atoms with van der Waals surface area (Å²) in [7, 11) is 0. The summed E-state index contributed by atoms with van der Waals surface area (Å²) in [6, 6.07) is 13.6. The van der Waals surface area contributed by atoms with Crippen molar-refractivity contribution in [2.75, 3.05) is 12.4 Å². The predicted octanol–water partition coefficient (Wildman–Crippen LogP) is 4.27. The maximum absolute atomic E-state index is 13.3. The van der Waals surface area contributed by atoms with Gasteiger partial charge < -0.3 is 4.74 Å². The van der Waals surface area contributed by atoms with Gasteiger partial charge >= 0.3 is 0 Å². The van der Waals surface area contributed by atoms with E-state index in [9.17, 15) is 4.79 Å². The fourth-order valence-electron chi connectivity index (χ4n) is 3.34. The summed E-state index contributed by atoms with van der Waals surface area (Å²) >= 11 is 1.61. The number of nitrogens with zero attached hydrogens (tertiary/aromatic N) is 2. The Kier molecular flexibility index (Phi) is 4.83. The van der Waals surface area contributed by atoms with Gasteiger partial charge in [-0.2, -0.15) is 0 Å². The van der Waals surface area contributed by atoms with E-state index in [0.29, 0.717) is 5.39 Å². The molecule has 1 aliphatic heterocycles. The van der Waals surface area contributed by atoms with Crippen LogP contribution in [-0.2, 0) is 4.74 Å². The molecule has 0 spiro atoms. The van der Waals surface area contributed by atoms with Crippen LogP contribution in [0.4, 0.5) is 0 Å². The fourth-order valence-corrected chi connectivity index (χ4v) is 4.41. The third kappa shape index (κ3) is 3.17. The third-order valence-electron chi connectivity index (χ3n) is 4.98. The first-order valence-corrected chi connectivity index (χ1v) is 9.96. The van der Waals surface area contributed by atoms with Crippen LogP contribution in [0.25, 0.3) is 16.6 Å². The molecule has 0 unspecified atom stereocenters. The van der Waals surface area contributed by atoms with Crippen LogP contribution in [0.2, 0.25) is 0 Å². The molecule has 3 aromatic rings. The quantitative estimate of drug-likeness (QED) is 0.511. The maximum atomic E-state index is 13.3. The molecule has 2 aromatic carbocycles. The van der Waals surface area contributed by atoms with E-state index in [1.54, 1.807) is 16.3 Å². The summed E-state index contributed by atoms with van der Waals surface area (Å²) in [6.45, 7) is 4.96. The molecule has 1 saturated heterocycles. The Hall–Kier alpha value is -2.11. The van der Waals surface area contributed by atoms with Gasteiger partial charge in [0.15, 0.2) is 5.16 Å². The molecule has 134 valence electrons. The van der Waals surface area contributed by atoms with Gasteiger partial charge in [-0.25, -0.2) is 4.98 Å². The molecule has 0 amide bonds. The summed E-state index contributed by atoms with van der Waals surface area (Å²) in [4.78, 5) is 18.1. The highest BCUT2D eigenvalue weighted by Crippen LogP contribution is 2.27. The van der Waals surface area contributed by atoms with Crippen LogP contribution in [-0.4, -0.2) is 28.0 Å². The lowest BCUT2D eigenvalue weighted by Crippen LogP contribution is -2.23. The Morgan fingerprint density at radius 3 is 2.85 bits per heavy atom. The Morgan fingerprint density at radius 1 is 1.19 bits per heavy atom. The number of hydrogen-bond donors (Lipinski definition) is 0. The molecule has 4 nitrogen and oxygen atoms in total. The van der Waals surface area contributed by atoms with Crippen LogP contribution in [0.15, 0.2) is 52.4 Å². The molecule has 0 N–H and O–H groups in total. The minimum absolute atomic E-state index is 0.0147. The lowest BCUT2D eigenvalue weighted by Gasteiger charge is -2.17. The first kappa shape index (κ1) is 17.3. The van der Waals surface area contributed by atoms with Gasteiger partial charge in [-0.3, -0.25) is 9.36 Å². The van der Waals surface area contributed by atoms with E-state index in [0.717, 1.165) is 52.7 Å². The van der Waals surface area contributed by atoms with Crippen LogP contribution in [0, 0.1) is 13.8 Å². The van der Waals surface area contributed by atoms with E-state index >= 15 is 0 Å². The van der Waals surface area contributed by atoms with E-state index < -0.39 is 0 Å². The summed E-state index contributed by atoms with van der Waals surface area (Å²) < 4.78 is 7.51. The smallest absolute Gasteiger partial charge is 0.266 e. The molecule has 2 heterocycles. The molecule has 0 saturated carbocycles. The first-order valence-electron chi connectivity index (χ1n) is 8.98. The zero-order valence-electron chi connectivity index (χ0n) is 15.1. The number of thioether (sulfide) groups is 1. The topological polar surface area (TPSA) is 44.1 Å². The molecule has 1 atom stereocenters. The van der Waals surface area contributed by atoms with Crippen LogP contribution in [0.3, 0.4) is 0 Å². The summed E-state index contributed by atoms with van der Waals surface area (Å²) in [5, 5.41) is 1.38. The van der Waals surface area contributed by atoms with Crippen LogP contribution in [0.1, 0.15) is 24.0 Å². The highest BCUT2D eigenvalue weighted by molar-refractivity contribution is 7.99. The lowest BCUT2D eigenvalue weighted by atomic mass is 10.1. The van der Waals surface area contributed by atoms with Crippen molar-refractivity contribution >= 4 is 22.7 Å².